The zero-order valence-electron chi connectivity index (χ0n) is 11.6. The zero-order chi connectivity index (χ0) is 13.4. The summed E-state index contributed by atoms with van der Waals surface area (Å²) in [7, 11) is 3.85. The van der Waals surface area contributed by atoms with Crippen LogP contribution in [-0.4, -0.2) is 14.1 Å². The van der Waals surface area contributed by atoms with Crippen LogP contribution in [0.5, 0.6) is 0 Å². The molecule has 0 spiro atoms. The molecule has 0 aliphatic rings. The normalized spacial score (nSPS) is 9.11. The second-order valence-electron chi connectivity index (χ2n) is 4.18. The third-order valence-corrected chi connectivity index (χ3v) is 2.75. The van der Waals surface area contributed by atoms with Gasteiger partial charge in [-0.25, -0.2) is 0 Å². The van der Waals surface area contributed by atoms with Gasteiger partial charge in [0.25, 0.3) is 0 Å². The molecule has 0 amide bonds. The highest BCUT2D eigenvalue weighted by molar-refractivity contribution is 5.49. The third-order valence-electron chi connectivity index (χ3n) is 2.75. The molecule has 0 heterocycles. The van der Waals surface area contributed by atoms with Crippen LogP contribution in [0.15, 0.2) is 48.5 Å². The maximum atomic E-state index is 3.10. The van der Waals surface area contributed by atoms with Crippen molar-refractivity contribution >= 4 is 11.4 Å². The molecular weight excluding hydrogens is 220 g/mol. The molecule has 0 atom stereocenters. The van der Waals surface area contributed by atoms with Crippen LogP contribution in [0.1, 0.15) is 11.1 Å². The first kappa shape index (κ1) is 14.1. The quantitative estimate of drug-likeness (QED) is 0.829. The van der Waals surface area contributed by atoms with Crippen molar-refractivity contribution in [1.82, 2.24) is 0 Å². The van der Waals surface area contributed by atoms with E-state index in [9.17, 15) is 0 Å². The van der Waals surface area contributed by atoms with Gasteiger partial charge in [-0.3, -0.25) is 0 Å². The predicted octanol–water partition coefficient (Wildman–Crippen LogP) is 4.07. The molecule has 0 saturated heterocycles. The average molecular weight is 242 g/mol. The van der Waals surface area contributed by atoms with Crippen LogP contribution in [-0.2, 0) is 0 Å². The first-order valence-electron chi connectivity index (χ1n) is 6.15. The molecule has 96 valence electrons. The minimum Gasteiger partial charge on any atom is -0.388 e. The van der Waals surface area contributed by atoms with Crippen molar-refractivity contribution in [2.75, 3.05) is 24.7 Å². The minimum atomic E-state index is 1.17. The van der Waals surface area contributed by atoms with Crippen LogP contribution in [0.3, 0.4) is 0 Å². The maximum absolute atomic E-state index is 3.10. The Morgan fingerprint density at radius 1 is 0.722 bits per heavy atom. The van der Waals surface area contributed by atoms with E-state index < -0.39 is 0 Å². The van der Waals surface area contributed by atoms with Crippen molar-refractivity contribution in [3.05, 3.63) is 59.7 Å². The van der Waals surface area contributed by atoms with Crippen LogP contribution in [0.4, 0.5) is 11.4 Å². The van der Waals surface area contributed by atoms with Gasteiger partial charge in [0.1, 0.15) is 0 Å². The molecule has 2 aromatic rings. The van der Waals surface area contributed by atoms with Gasteiger partial charge in [-0.2, -0.15) is 0 Å². The van der Waals surface area contributed by atoms with E-state index in [0.29, 0.717) is 0 Å². The van der Waals surface area contributed by atoms with E-state index in [4.69, 9.17) is 0 Å². The standard InChI is InChI=1S/2C8H11N/c1-7-3-5-8(9-2)6-4-7;1-7-5-3-4-6-8(7)9-2/h2*3-6,9H,1-2H3. The Bertz CT molecular complexity index is 461. The molecule has 0 aromatic heterocycles. The predicted molar refractivity (Wildman–Crippen MR) is 81.5 cm³/mol. The maximum Gasteiger partial charge on any atom is 0.0367 e. The number of benzene rings is 2. The highest BCUT2D eigenvalue weighted by Gasteiger charge is 1.88. The van der Waals surface area contributed by atoms with Gasteiger partial charge >= 0.3 is 0 Å². The summed E-state index contributed by atoms with van der Waals surface area (Å²) in [6, 6.07) is 16.5. The lowest BCUT2D eigenvalue weighted by atomic mass is 10.2. The molecule has 2 N–H and O–H groups in total. The number of hydrogen-bond acceptors (Lipinski definition) is 2. The van der Waals surface area contributed by atoms with E-state index in [1.54, 1.807) is 0 Å². The van der Waals surface area contributed by atoms with Gasteiger partial charge in [0.2, 0.25) is 0 Å². The highest BCUT2D eigenvalue weighted by Crippen LogP contribution is 2.10. The minimum absolute atomic E-state index is 1.17. The number of aryl methyl sites for hydroxylation is 2. The third kappa shape index (κ3) is 4.50. The van der Waals surface area contributed by atoms with Crippen LogP contribution >= 0.6 is 0 Å². The van der Waals surface area contributed by atoms with Crippen LogP contribution in [0, 0.1) is 13.8 Å². The van der Waals surface area contributed by atoms with Crippen LogP contribution < -0.4 is 10.6 Å². The number of rotatable bonds is 2. The fraction of sp³-hybridized carbons (Fsp3) is 0.250. The lowest BCUT2D eigenvalue weighted by molar-refractivity contribution is 1.41. The summed E-state index contributed by atoms with van der Waals surface area (Å²) in [4.78, 5) is 0. The second-order valence-corrected chi connectivity index (χ2v) is 4.18. The Morgan fingerprint density at radius 2 is 1.33 bits per heavy atom. The van der Waals surface area contributed by atoms with E-state index in [0.717, 1.165) is 0 Å². The monoisotopic (exact) mass is 242 g/mol. The lowest BCUT2D eigenvalue weighted by Crippen LogP contribution is -1.89. The van der Waals surface area contributed by atoms with Gasteiger partial charge in [0, 0.05) is 25.5 Å². The molecule has 0 fully saturated rings. The van der Waals surface area contributed by atoms with Crippen LogP contribution in [0.25, 0.3) is 0 Å². The summed E-state index contributed by atoms with van der Waals surface area (Å²) in [5, 5.41) is 6.15. The van der Waals surface area contributed by atoms with Gasteiger partial charge in [-0.15, -0.1) is 0 Å². The lowest BCUT2D eigenvalue weighted by Gasteiger charge is -2.01. The Labute approximate surface area is 110 Å². The van der Waals surface area contributed by atoms with Crippen molar-refractivity contribution in [3.8, 4) is 0 Å². The SMILES string of the molecule is CNc1ccc(C)cc1.CNc1ccccc1C. The first-order valence-corrected chi connectivity index (χ1v) is 6.15. The summed E-state index contributed by atoms with van der Waals surface area (Å²) < 4.78 is 0. The molecular formula is C16H22N2. The summed E-state index contributed by atoms with van der Waals surface area (Å²) in [5.41, 5.74) is 4.96. The molecule has 2 nitrogen and oxygen atoms in total. The van der Waals surface area contributed by atoms with E-state index in [1.807, 2.05) is 26.2 Å². The average Bonchev–Trinajstić information content (AvgIpc) is 2.41. The Morgan fingerprint density at radius 3 is 1.78 bits per heavy atom. The fourth-order valence-corrected chi connectivity index (χ4v) is 1.57. The van der Waals surface area contributed by atoms with E-state index in [1.165, 1.54) is 22.5 Å². The smallest absolute Gasteiger partial charge is 0.0367 e. The second kappa shape index (κ2) is 7.38. The number of anilines is 2. The topological polar surface area (TPSA) is 24.1 Å². The Kier molecular flexibility index (Phi) is 5.78. The van der Waals surface area contributed by atoms with Crippen molar-refractivity contribution in [2.24, 2.45) is 0 Å². The molecule has 0 aliphatic heterocycles. The van der Waals surface area contributed by atoms with Crippen molar-refractivity contribution in [3.63, 3.8) is 0 Å². The van der Waals surface area contributed by atoms with Gasteiger partial charge in [-0.1, -0.05) is 35.9 Å². The summed E-state index contributed by atoms with van der Waals surface area (Å²) in [6.45, 7) is 4.17. The zero-order valence-corrected chi connectivity index (χ0v) is 11.6. The number of nitrogens with one attached hydrogen (secondary N) is 2. The molecule has 0 aliphatic carbocycles. The summed E-state index contributed by atoms with van der Waals surface area (Å²) >= 11 is 0. The van der Waals surface area contributed by atoms with Crippen LogP contribution in [0.2, 0.25) is 0 Å². The Balaban J connectivity index is 0.000000180. The van der Waals surface area contributed by atoms with Crippen molar-refractivity contribution in [1.29, 1.82) is 0 Å². The molecule has 18 heavy (non-hydrogen) atoms. The molecule has 0 unspecified atom stereocenters. The van der Waals surface area contributed by atoms with Gasteiger partial charge in [0.15, 0.2) is 0 Å². The first-order chi connectivity index (χ1) is 8.67. The van der Waals surface area contributed by atoms with Gasteiger partial charge in [0.05, 0.1) is 0 Å². The summed E-state index contributed by atoms with van der Waals surface area (Å²) in [5.74, 6) is 0. The highest BCUT2D eigenvalue weighted by atomic mass is 14.8. The largest absolute Gasteiger partial charge is 0.388 e. The van der Waals surface area contributed by atoms with E-state index in [-0.39, 0.29) is 0 Å². The summed E-state index contributed by atoms with van der Waals surface area (Å²) in [6.07, 6.45) is 0. The van der Waals surface area contributed by atoms with Gasteiger partial charge in [-0.05, 0) is 37.6 Å². The van der Waals surface area contributed by atoms with E-state index >= 15 is 0 Å². The van der Waals surface area contributed by atoms with E-state index in [2.05, 4.69) is 60.9 Å². The molecule has 2 heteroatoms. The Hall–Kier alpha value is -1.96. The molecule has 2 aromatic carbocycles. The van der Waals surface area contributed by atoms with Crippen molar-refractivity contribution in [2.45, 2.75) is 13.8 Å². The van der Waals surface area contributed by atoms with Gasteiger partial charge < -0.3 is 10.6 Å². The van der Waals surface area contributed by atoms with Crippen molar-refractivity contribution < 1.29 is 0 Å². The number of para-hydroxylation sites is 1. The number of hydrogen-bond donors (Lipinski definition) is 2. The molecule has 0 radical (unpaired) electrons. The molecule has 0 saturated carbocycles. The molecule has 2 rings (SSSR count). The fourth-order valence-electron chi connectivity index (χ4n) is 1.57. The molecule has 0 bridgehead atoms.